The zero-order valence-electron chi connectivity index (χ0n) is 11.8. The van der Waals surface area contributed by atoms with E-state index in [1.165, 1.54) is 43.2 Å². The summed E-state index contributed by atoms with van der Waals surface area (Å²) in [6.07, 6.45) is 9.86. The Kier molecular flexibility index (Phi) is 3.21. The molecule has 102 valence electrons. The van der Waals surface area contributed by atoms with Gasteiger partial charge in [-0.15, -0.1) is 0 Å². The van der Waals surface area contributed by atoms with Gasteiger partial charge < -0.3 is 9.47 Å². The average molecular weight is 260 g/mol. The van der Waals surface area contributed by atoms with Gasteiger partial charge in [0, 0.05) is 24.8 Å². The molecule has 1 heterocycles. The first-order valence-electron chi connectivity index (χ1n) is 7.12. The molecular formula is C16H22NO2+. The molecule has 1 aromatic rings. The van der Waals surface area contributed by atoms with Gasteiger partial charge in [-0.25, -0.2) is 4.99 Å². The molecule has 0 aromatic heterocycles. The maximum Gasteiger partial charge on any atom is 0.169 e. The van der Waals surface area contributed by atoms with Gasteiger partial charge in [-0.2, -0.15) is 0 Å². The molecule has 0 atom stereocenters. The predicted molar refractivity (Wildman–Crippen MR) is 75.2 cm³/mol. The van der Waals surface area contributed by atoms with Gasteiger partial charge in [0.1, 0.15) is 0 Å². The lowest BCUT2D eigenvalue weighted by Gasteiger charge is -2.31. The predicted octanol–water partition coefficient (Wildman–Crippen LogP) is 1.46. The fourth-order valence-corrected chi connectivity index (χ4v) is 3.42. The van der Waals surface area contributed by atoms with E-state index in [1.54, 1.807) is 14.2 Å². The minimum atomic E-state index is 0.283. The minimum absolute atomic E-state index is 0.283. The van der Waals surface area contributed by atoms with Crippen LogP contribution in [-0.4, -0.2) is 26.0 Å². The molecule has 1 N–H and O–H groups in total. The van der Waals surface area contributed by atoms with Gasteiger partial charge in [-0.1, -0.05) is 6.42 Å². The molecule has 0 unspecified atom stereocenters. The van der Waals surface area contributed by atoms with Crippen molar-refractivity contribution >= 4 is 6.21 Å². The molecule has 19 heavy (non-hydrogen) atoms. The van der Waals surface area contributed by atoms with Gasteiger partial charge >= 0.3 is 0 Å². The minimum Gasteiger partial charge on any atom is -0.493 e. The second kappa shape index (κ2) is 4.87. The molecule has 1 spiro atoms. The van der Waals surface area contributed by atoms with Crippen molar-refractivity contribution in [3.63, 3.8) is 0 Å². The number of hydrogen-bond donors (Lipinski definition) is 1. The number of methoxy groups -OCH3 is 2. The number of hydrogen-bond acceptors (Lipinski definition) is 2. The number of nitrogens with one attached hydrogen (secondary N) is 1. The number of rotatable bonds is 2. The van der Waals surface area contributed by atoms with Crippen molar-refractivity contribution in [2.45, 2.75) is 44.1 Å². The fourth-order valence-electron chi connectivity index (χ4n) is 3.42. The largest absolute Gasteiger partial charge is 0.493 e. The highest BCUT2D eigenvalue weighted by atomic mass is 16.5. The summed E-state index contributed by atoms with van der Waals surface area (Å²) in [5.41, 5.74) is 2.89. The molecule has 1 saturated carbocycles. The van der Waals surface area contributed by atoms with Crippen molar-refractivity contribution in [2.75, 3.05) is 14.2 Å². The maximum atomic E-state index is 5.42. The third kappa shape index (κ3) is 2.22. The first kappa shape index (κ1) is 12.5. The van der Waals surface area contributed by atoms with Gasteiger partial charge in [0.15, 0.2) is 23.3 Å². The Morgan fingerprint density at radius 2 is 1.68 bits per heavy atom. The second-order valence-corrected chi connectivity index (χ2v) is 5.71. The van der Waals surface area contributed by atoms with Crippen molar-refractivity contribution in [3.05, 3.63) is 23.3 Å². The van der Waals surface area contributed by atoms with E-state index in [0.29, 0.717) is 0 Å². The molecule has 0 bridgehead atoms. The van der Waals surface area contributed by atoms with Crippen LogP contribution in [0.4, 0.5) is 0 Å². The number of benzene rings is 1. The Bertz CT molecular complexity index is 502. The number of ether oxygens (including phenoxy) is 2. The van der Waals surface area contributed by atoms with Gasteiger partial charge in [-0.05, 0) is 30.5 Å². The maximum absolute atomic E-state index is 5.42. The van der Waals surface area contributed by atoms with Gasteiger partial charge in [-0.3, -0.25) is 0 Å². The van der Waals surface area contributed by atoms with Gasteiger partial charge in [0.2, 0.25) is 0 Å². The summed E-state index contributed by atoms with van der Waals surface area (Å²) >= 11 is 0. The van der Waals surface area contributed by atoms with Gasteiger partial charge in [0.25, 0.3) is 0 Å². The molecule has 1 aliphatic carbocycles. The summed E-state index contributed by atoms with van der Waals surface area (Å²) in [5.74, 6) is 1.64. The molecule has 0 radical (unpaired) electrons. The first-order chi connectivity index (χ1) is 9.26. The molecule has 0 amide bonds. The van der Waals surface area contributed by atoms with Crippen LogP contribution < -0.4 is 14.5 Å². The third-order valence-corrected chi connectivity index (χ3v) is 4.52. The SMILES string of the molecule is COc1cc2c(cc1OC)CC1(CCCCC1)[NH+]=C2. The van der Waals surface area contributed by atoms with E-state index in [9.17, 15) is 0 Å². The highest BCUT2D eigenvalue weighted by molar-refractivity contribution is 5.80. The molecule has 3 heteroatoms. The summed E-state index contributed by atoms with van der Waals surface area (Å²) < 4.78 is 10.8. The van der Waals surface area contributed by atoms with Crippen molar-refractivity contribution in [3.8, 4) is 11.5 Å². The molecule has 3 rings (SSSR count). The van der Waals surface area contributed by atoms with Crippen molar-refractivity contribution in [2.24, 2.45) is 0 Å². The lowest BCUT2D eigenvalue weighted by Crippen LogP contribution is -2.87. The molecule has 1 aliphatic heterocycles. The summed E-state index contributed by atoms with van der Waals surface area (Å²) in [7, 11) is 3.38. The fraction of sp³-hybridized carbons (Fsp3) is 0.562. The summed E-state index contributed by atoms with van der Waals surface area (Å²) in [4.78, 5) is 3.66. The molecule has 0 saturated heterocycles. The molecule has 2 aliphatic rings. The van der Waals surface area contributed by atoms with Crippen molar-refractivity contribution in [1.82, 2.24) is 0 Å². The first-order valence-corrected chi connectivity index (χ1v) is 7.12. The topological polar surface area (TPSA) is 32.4 Å². The van der Waals surface area contributed by atoms with E-state index in [1.807, 2.05) is 0 Å². The van der Waals surface area contributed by atoms with E-state index >= 15 is 0 Å². The highest BCUT2D eigenvalue weighted by Crippen LogP contribution is 2.35. The Morgan fingerprint density at radius 1 is 1.00 bits per heavy atom. The summed E-state index contributed by atoms with van der Waals surface area (Å²) in [6, 6.07) is 4.21. The van der Waals surface area contributed by atoms with Crippen LogP contribution in [0.1, 0.15) is 43.2 Å². The zero-order chi connectivity index (χ0) is 13.3. The Morgan fingerprint density at radius 3 is 2.37 bits per heavy atom. The van der Waals surface area contributed by atoms with E-state index in [0.717, 1.165) is 17.9 Å². The quantitative estimate of drug-likeness (QED) is 0.873. The van der Waals surface area contributed by atoms with Gasteiger partial charge in [0.05, 0.1) is 14.2 Å². The van der Waals surface area contributed by atoms with Crippen LogP contribution in [0.2, 0.25) is 0 Å². The Labute approximate surface area is 114 Å². The summed E-state index contributed by atoms with van der Waals surface area (Å²) in [5, 5.41) is 0. The second-order valence-electron chi connectivity index (χ2n) is 5.71. The van der Waals surface area contributed by atoms with Crippen LogP contribution in [0, 0.1) is 0 Å². The normalized spacial score (nSPS) is 20.1. The standard InChI is InChI=1S/C16H21NO2/c1-18-14-8-12-10-16(6-4-3-5-7-16)17-11-13(12)9-15(14)19-2/h8-9,11H,3-7,10H2,1-2H3/p+1. The van der Waals surface area contributed by atoms with Crippen LogP contribution in [-0.2, 0) is 6.42 Å². The molecule has 3 nitrogen and oxygen atoms in total. The Balaban J connectivity index is 1.96. The number of fused-ring (bicyclic) bond motifs is 1. The van der Waals surface area contributed by atoms with Crippen LogP contribution in [0.3, 0.4) is 0 Å². The highest BCUT2D eigenvalue weighted by Gasteiger charge is 2.39. The Hall–Kier alpha value is -1.51. The van der Waals surface area contributed by atoms with Crippen LogP contribution >= 0.6 is 0 Å². The van der Waals surface area contributed by atoms with Crippen molar-refractivity contribution < 1.29 is 14.5 Å². The smallest absolute Gasteiger partial charge is 0.169 e. The van der Waals surface area contributed by atoms with E-state index in [-0.39, 0.29) is 5.54 Å². The van der Waals surface area contributed by atoms with Crippen molar-refractivity contribution in [1.29, 1.82) is 0 Å². The lowest BCUT2D eigenvalue weighted by atomic mass is 9.76. The summed E-state index contributed by atoms with van der Waals surface area (Å²) in [6.45, 7) is 0. The van der Waals surface area contributed by atoms with Crippen LogP contribution in [0.5, 0.6) is 11.5 Å². The zero-order valence-corrected chi connectivity index (χ0v) is 11.8. The van der Waals surface area contributed by atoms with E-state index in [2.05, 4.69) is 23.3 Å². The molecule has 1 aromatic carbocycles. The monoisotopic (exact) mass is 260 g/mol. The third-order valence-electron chi connectivity index (χ3n) is 4.52. The lowest BCUT2D eigenvalue weighted by molar-refractivity contribution is -0.557. The molecule has 1 fully saturated rings. The average Bonchev–Trinajstić information content (AvgIpc) is 2.46. The van der Waals surface area contributed by atoms with E-state index < -0.39 is 0 Å². The molecular weight excluding hydrogens is 238 g/mol. The van der Waals surface area contributed by atoms with Crippen LogP contribution in [0.15, 0.2) is 12.1 Å². The van der Waals surface area contributed by atoms with E-state index in [4.69, 9.17) is 9.47 Å². The van der Waals surface area contributed by atoms with Crippen LogP contribution in [0.25, 0.3) is 0 Å².